The van der Waals surface area contributed by atoms with Crippen LogP contribution in [0.3, 0.4) is 0 Å². The highest BCUT2D eigenvalue weighted by Gasteiger charge is 2.28. The predicted molar refractivity (Wildman–Crippen MR) is 50.4 cm³/mol. The summed E-state index contributed by atoms with van der Waals surface area (Å²) in [6.07, 6.45) is 2.74. The first-order chi connectivity index (χ1) is 7.06. The zero-order valence-electron chi connectivity index (χ0n) is 8.44. The fourth-order valence-electron chi connectivity index (χ4n) is 1.47. The van der Waals surface area contributed by atoms with Gasteiger partial charge in [0.05, 0.1) is 0 Å². The summed E-state index contributed by atoms with van der Waals surface area (Å²) >= 11 is 0. The van der Waals surface area contributed by atoms with Gasteiger partial charge >= 0.3 is 11.9 Å². The largest absolute Gasteiger partial charge is 0.454 e. The van der Waals surface area contributed by atoms with Crippen LogP contribution in [0.1, 0.15) is 13.8 Å². The van der Waals surface area contributed by atoms with Gasteiger partial charge in [-0.25, -0.2) is 9.59 Å². The Labute approximate surface area is 86.7 Å². The van der Waals surface area contributed by atoms with Gasteiger partial charge in [-0.05, 0) is 26.0 Å². The van der Waals surface area contributed by atoms with E-state index in [1.807, 2.05) is 0 Å². The van der Waals surface area contributed by atoms with Crippen molar-refractivity contribution in [3.63, 3.8) is 0 Å². The van der Waals surface area contributed by atoms with Gasteiger partial charge in [-0.15, -0.1) is 0 Å². The average Bonchev–Trinajstić information content (AvgIpc) is 2.58. The minimum absolute atomic E-state index is 0.254. The Morgan fingerprint density at radius 3 is 1.67 bits per heavy atom. The second-order valence-corrected chi connectivity index (χ2v) is 3.51. The van der Waals surface area contributed by atoms with Crippen LogP contribution in [0.2, 0.25) is 0 Å². The summed E-state index contributed by atoms with van der Waals surface area (Å²) in [7, 11) is 0. The van der Waals surface area contributed by atoms with Gasteiger partial charge < -0.3 is 14.8 Å². The van der Waals surface area contributed by atoms with E-state index in [1.165, 1.54) is 0 Å². The standard InChI is InChI=1S/C10H11NO4/c1-5-3-7(9(12)14-5)11-8-4-6(2)15-10(8)13/h3-6,11H,1-2H3. The maximum Gasteiger partial charge on any atom is 0.355 e. The molecule has 5 heteroatoms. The Hall–Kier alpha value is -1.78. The lowest BCUT2D eigenvalue weighted by atomic mass is 10.3. The Bertz CT molecular complexity index is 347. The van der Waals surface area contributed by atoms with E-state index in [2.05, 4.69) is 5.32 Å². The molecular weight excluding hydrogens is 198 g/mol. The lowest BCUT2D eigenvalue weighted by Crippen LogP contribution is -2.21. The number of hydrogen-bond acceptors (Lipinski definition) is 5. The summed E-state index contributed by atoms with van der Waals surface area (Å²) in [5.74, 6) is -0.897. The number of esters is 2. The number of carbonyl (C=O) groups is 2. The van der Waals surface area contributed by atoms with Crippen LogP contribution in [-0.2, 0) is 19.1 Å². The number of carbonyl (C=O) groups excluding carboxylic acids is 2. The third kappa shape index (κ3) is 1.86. The first-order valence-corrected chi connectivity index (χ1v) is 4.69. The molecule has 2 unspecified atom stereocenters. The molecule has 1 N–H and O–H groups in total. The van der Waals surface area contributed by atoms with Gasteiger partial charge in [0.2, 0.25) is 0 Å². The molecule has 0 saturated carbocycles. The van der Waals surface area contributed by atoms with Gasteiger partial charge in [0.25, 0.3) is 0 Å². The first-order valence-electron chi connectivity index (χ1n) is 4.69. The molecule has 0 aromatic rings. The molecule has 0 radical (unpaired) electrons. The van der Waals surface area contributed by atoms with Crippen LogP contribution in [-0.4, -0.2) is 24.1 Å². The second kappa shape index (κ2) is 3.42. The van der Waals surface area contributed by atoms with Crippen molar-refractivity contribution >= 4 is 11.9 Å². The molecule has 0 aromatic heterocycles. The molecule has 80 valence electrons. The van der Waals surface area contributed by atoms with Crippen LogP contribution in [0.4, 0.5) is 0 Å². The van der Waals surface area contributed by atoms with Crippen molar-refractivity contribution in [1.82, 2.24) is 5.32 Å². The Morgan fingerprint density at radius 1 is 1.00 bits per heavy atom. The van der Waals surface area contributed by atoms with Crippen molar-refractivity contribution in [1.29, 1.82) is 0 Å². The molecule has 0 amide bonds. The summed E-state index contributed by atoms with van der Waals surface area (Å²) in [6, 6.07) is 0. The van der Waals surface area contributed by atoms with Crippen molar-refractivity contribution in [2.45, 2.75) is 26.1 Å². The zero-order chi connectivity index (χ0) is 11.0. The van der Waals surface area contributed by atoms with Crippen molar-refractivity contribution in [3.8, 4) is 0 Å². The van der Waals surface area contributed by atoms with E-state index >= 15 is 0 Å². The van der Waals surface area contributed by atoms with Gasteiger partial charge in [-0.2, -0.15) is 0 Å². The highest BCUT2D eigenvalue weighted by atomic mass is 16.6. The number of nitrogens with one attached hydrogen (secondary N) is 1. The van der Waals surface area contributed by atoms with Crippen molar-refractivity contribution in [2.24, 2.45) is 0 Å². The zero-order valence-corrected chi connectivity index (χ0v) is 8.44. The fraction of sp³-hybridized carbons (Fsp3) is 0.400. The highest BCUT2D eigenvalue weighted by Crippen LogP contribution is 2.16. The summed E-state index contributed by atoms with van der Waals surface area (Å²) in [4.78, 5) is 22.5. The maximum atomic E-state index is 11.2. The lowest BCUT2D eigenvalue weighted by molar-refractivity contribution is -0.139. The Morgan fingerprint density at radius 2 is 1.40 bits per heavy atom. The Kier molecular flexibility index (Phi) is 2.22. The molecule has 0 spiro atoms. The third-order valence-electron chi connectivity index (χ3n) is 2.10. The number of ether oxygens (including phenoxy) is 2. The minimum Gasteiger partial charge on any atom is -0.454 e. The normalized spacial score (nSPS) is 29.5. The van der Waals surface area contributed by atoms with E-state index in [4.69, 9.17) is 9.47 Å². The van der Waals surface area contributed by atoms with Gasteiger partial charge in [0, 0.05) is 0 Å². The summed E-state index contributed by atoms with van der Waals surface area (Å²) in [5, 5.41) is 2.71. The van der Waals surface area contributed by atoms with Crippen LogP contribution < -0.4 is 5.32 Å². The van der Waals surface area contributed by atoms with E-state index in [0.29, 0.717) is 11.4 Å². The topological polar surface area (TPSA) is 64.6 Å². The van der Waals surface area contributed by atoms with Crippen LogP contribution in [0.5, 0.6) is 0 Å². The van der Waals surface area contributed by atoms with Gasteiger partial charge in [-0.3, -0.25) is 0 Å². The van der Waals surface area contributed by atoms with Crippen molar-refractivity contribution < 1.29 is 19.1 Å². The van der Waals surface area contributed by atoms with Gasteiger partial charge in [0.1, 0.15) is 23.6 Å². The van der Waals surface area contributed by atoms with E-state index in [1.54, 1.807) is 26.0 Å². The molecule has 2 aliphatic heterocycles. The quantitative estimate of drug-likeness (QED) is 0.660. The first kappa shape index (κ1) is 9.76. The van der Waals surface area contributed by atoms with Crippen molar-refractivity contribution in [2.75, 3.05) is 0 Å². The van der Waals surface area contributed by atoms with E-state index in [-0.39, 0.29) is 12.2 Å². The van der Waals surface area contributed by atoms with Crippen molar-refractivity contribution in [3.05, 3.63) is 23.5 Å². The minimum atomic E-state index is -0.448. The molecule has 0 fully saturated rings. The molecule has 0 aliphatic carbocycles. The van der Waals surface area contributed by atoms with E-state index in [0.717, 1.165) is 0 Å². The molecule has 2 atom stereocenters. The monoisotopic (exact) mass is 209 g/mol. The fourth-order valence-corrected chi connectivity index (χ4v) is 1.47. The molecular formula is C10H11NO4. The maximum absolute atomic E-state index is 11.2. The molecule has 5 nitrogen and oxygen atoms in total. The number of hydrogen-bond donors (Lipinski definition) is 1. The average molecular weight is 209 g/mol. The van der Waals surface area contributed by atoms with Gasteiger partial charge in [0.15, 0.2) is 0 Å². The molecule has 2 aliphatic rings. The smallest absolute Gasteiger partial charge is 0.355 e. The molecule has 15 heavy (non-hydrogen) atoms. The second-order valence-electron chi connectivity index (χ2n) is 3.51. The molecule has 2 rings (SSSR count). The number of rotatable bonds is 2. The molecule has 0 saturated heterocycles. The highest BCUT2D eigenvalue weighted by molar-refractivity contribution is 5.95. The molecule has 0 aromatic carbocycles. The van der Waals surface area contributed by atoms with E-state index < -0.39 is 11.9 Å². The lowest BCUT2D eigenvalue weighted by Gasteiger charge is -2.02. The van der Waals surface area contributed by atoms with Crippen LogP contribution >= 0.6 is 0 Å². The van der Waals surface area contributed by atoms with E-state index in [9.17, 15) is 9.59 Å². The predicted octanol–water partition coefficient (Wildman–Crippen LogP) is 0.234. The molecule has 2 heterocycles. The van der Waals surface area contributed by atoms with Crippen LogP contribution in [0.15, 0.2) is 23.5 Å². The number of cyclic esters (lactones) is 2. The molecule has 0 bridgehead atoms. The van der Waals surface area contributed by atoms with Crippen LogP contribution in [0, 0.1) is 0 Å². The summed E-state index contributed by atoms with van der Waals surface area (Å²) in [6.45, 7) is 3.49. The summed E-state index contributed by atoms with van der Waals surface area (Å²) < 4.78 is 9.75. The SMILES string of the molecule is CC1C=C(NC2=CC(C)OC2=O)C(=O)O1. The van der Waals surface area contributed by atoms with Gasteiger partial charge in [-0.1, -0.05) is 0 Å². The van der Waals surface area contributed by atoms with Crippen LogP contribution in [0.25, 0.3) is 0 Å². The summed E-state index contributed by atoms with van der Waals surface area (Å²) in [5.41, 5.74) is 0.583. The third-order valence-corrected chi connectivity index (χ3v) is 2.10. The Balaban J connectivity index is 2.10.